The van der Waals surface area contributed by atoms with Gasteiger partial charge in [0.1, 0.15) is 12.1 Å². The van der Waals surface area contributed by atoms with Crippen LogP contribution in [0.3, 0.4) is 0 Å². The third kappa shape index (κ3) is 4.54. The van der Waals surface area contributed by atoms with Crippen LogP contribution in [0.25, 0.3) is 0 Å². The van der Waals surface area contributed by atoms with Crippen LogP contribution in [0, 0.1) is 5.92 Å². The number of amides is 2. The third-order valence-corrected chi connectivity index (χ3v) is 3.50. The van der Waals surface area contributed by atoms with Crippen molar-refractivity contribution in [3.05, 3.63) is 0 Å². The molecule has 1 saturated carbocycles. The first-order valence-corrected chi connectivity index (χ1v) is 6.79. The summed E-state index contributed by atoms with van der Waals surface area (Å²) in [7, 11) is 0. The molecule has 2 amide bonds. The highest BCUT2D eigenvalue weighted by atomic mass is 16.4. The summed E-state index contributed by atoms with van der Waals surface area (Å²) in [5.74, 6) is -1.63. The van der Waals surface area contributed by atoms with Crippen molar-refractivity contribution in [1.82, 2.24) is 10.6 Å². The van der Waals surface area contributed by atoms with Gasteiger partial charge < -0.3 is 15.7 Å². The van der Waals surface area contributed by atoms with Crippen LogP contribution in [-0.2, 0) is 14.4 Å². The van der Waals surface area contributed by atoms with Gasteiger partial charge in [-0.3, -0.25) is 9.59 Å². The maximum Gasteiger partial charge on any atom is 0.326 e. The molecule has 1 rings (SSSR count). The molecule has 6 nitrogen and oxygen atoms in total. The van der Waals surface area contributed by atoms with E-state index in [0.29, 0.717) is 6.42 Å². The summed E-state index contributed by atoms with van der Waals surface area (Å²) in [5, 5.41) is 13.9. The molecule has 19 heavy (non-hydrogen) atoms. The molecule has 1 aliphatic rings. The molecular formula is C13H22N2O4. The molecule has 1 fully saturated rings. The lowest BCUT2D eigenvalue weighted by molar-refractivity contribution is -0.142. The van der Waals surface area contributed by atoms with E-state index in [1.807, 2.05) is 0 Å². The quantitative estimate of drug-likeness (QED) is 0.660. The van der Waals surface area contributed by atoms with Crippen molar-refractivity contribution < 1.29 is 19.5 Å². The van der Waals surface area contributed by atoms with E-state index in [-0.39, 0.29) is 11.8 Å². The van der Waals surface area contributed by atoms with Crippen LogP contribution in [0.2, 0.25) is 0 Å². The van der Waals surface area contributed by atoms with Gasteiger partial charge >= 0.3 is 5.97 Å². The van der Waals surface area contributed by atoms with Crippen LogP contribution < -0.4 is 10.6 Å². The number of hydrogen-bond acceptors (Lipinski definition) is 3. The Bertz CT molecular complexity index is 351. The number of hydrogen-bond donors (Lipinski definition) is 3. The molecule has 108 valence electrons. The highest BCUT2D eigenvalue weighted by Crippen LogP contribution is 2.24. The minimum atomic E-state index is -1.06. The Labute approximate surface area is 112 Å². The van der Waals surface area contributed by atoms with E-state index in [4.69, 9.17) is 5.11 Å². The van der Waals surface area contributed by atoms with Gasteiger partial charge in [-0.15, -0.1) is 0 Å². The number of nitrogens with one attached hydrogen (secondary N) is 2. The van der Waals surface area contributed by atoms with Gasteiger partial charge in [-0.05, 0) is 26.2 Å². The topological polar surface area (TPSA) is 95.5 Å². The number of aliphatic carboxylic acids is 1. The SMILES string of the molecule is CCC(NC(=O)C(C)NC(=O)C1CCCC1)C(=O)O. The van der Waals surface area contributed by atoms with Crippen LogP contribution in [0.1, 0.15) is 46.0 Å². The zero-order valence-corrected chi connectivity index (χ0v) is 11.4. The zero-order chi connectivity index (χ0) is 14.4. The molecule has 0 aromatic rings. The molecule has 0 saturated heterocycles. The Morgan fingerprint density at radius 2 is 1.79 bits per heavy atom. The minimum Gasteiger partial charge on any atom is -0.480 e. The van der Waals surface area contributed by atoms with Crippen molar-refractivity contribution in [3.8, 4) is 0 Å². The first kappa shape index (κ1) is 15.5. The zero-order valence-electron chi connectivity index (χ0n) is 11.4. The number of carbonyl (C=O) groups excluding carboxylic acids is 2. The van der Waals surface area contributed by atoms with Gasteiger partial charge in [-0.1, -0.05) is 19.8 Å². The smallest absolute Gasteiger partial charge is 0.326 e. The van der Waals surface area contributed by atoms with E-state index in [9.17, 15) is 14.4 Å². The standard InChI is InChI=1S/C13H22N2O4/c1-3-10(13(18)19)15-11(16)8(2)14-12(17)9-6-4-5-7-9/h8-10H,3-7H2,1-2H3,(H,14,17)(H,15,16)(H,18,19). The van der Waals surface area contributed by atoms with E-state index in [1.54, 1.807) is 13.8 Å². The molecule has 0 heterocycles. The van der Waals surface area contributed by atoms with Crippen molar-refractivity contribution in [1.29, 1.82) is 0 Å². The maximum absolute atomic E-state index is 11.8. The average Bonchev–Trinajstić information content (AvgIpc) is 2.88. The summed E-state index contributed by atoms with van der Waals surface area (Å²) in [4.78, 5) is 34.4. The summed E-state index contributed by atoms with van der Waals surface area (Å²) >= 11 is 0. The Morgan fingerprint density at radius 1 is 1.21 bits per heavy atom. The van der Waals surface area contributed by atoms with Crippen molar-refractivity contribution >= 4 is 17.8 Å². The predicted octanol–water partition coefficient (Wildman–Crippen LogP) is 0.661. The third-order valence-electron chi connectivity index (χ3n) is 3.50. The first-order valence-electron chi connectivity index (χ1n) is 6.79. The van der Waals surface area contributed by atoms with Crippen LogP contribution in [0.4, 0.5) is 0 Å². The summed E-state index contributed by atoms with van der Waals surface area (Å²) in [5.41, 5.74) is 0. The number of carboxylic acids is 1. The number of carboxylic acid groups (broad SMARTS) is 1. The Kier molecular flexibility index (Phi) is 5.79. The van der Waals surface area contributed by atoms with Crippen LogP contribution in [-0.4, -0.2) is 35.0 Å². The largest absolute Gasteiger partial charge is 0.480 e. The summed E-state index contributed by atoms with van der Waals surface area (Å²) in [6.07, 6.45) is 4.15. The molecular weight excluding hydrogens is 248 g/mol. The van der Waals surface area contributed by atoms with Crippen molar-refractivity contribution in [3.63, 3.8) is 0 Å². The van der Waals surface area contributed by atoms with Crippen molar-refractivity contribution in [2.75, 3.05) is 0 Å². The fourth-order valence-electron chi connectivity index (χ4n) is 2.22. The van der Waals surface area contributed by atoms with Gasteiger partial charge in [0, 0.05) is 5.92 Å². The fraction of sp³-hybridized carbons (Fsp3) is 0.769. The molecule has 0 aromatic heterocycles. The molecule has 2 atom stereocenters. The van der Waals surface area contributed by atoms with Gasteiger partial charge in [0.05, 0.1) is 0 Å². The summed E-state index contributed by atoms with van der Waals surface area (Å²) < 4.78 is 0. The molecule has 1 aliphatic carbocycles. The highest BCUT2D eigenvalue weighted by molar-refractivity contribution is 5.90. The molecule has 0 bridgehead atoms. The van der Waals surface area contributed by atoms with Crippen molar-refractivity contribution in [2.24, 2.45) is 5.92 Å². The van der Waals surface area contributed by atoms with E-state index in [0.717, 1.165) is 25.7 Å². The Hall–Kier alpha value is -1.59. The van der Waals surface area contributed by atoms with Gasteiger partial charge in [0.2, 0.25) is 11.8 Å². The van der Waals surface area contributed by atoms with Gasteiger partial charge in [-0.25, -0.2) is 4.79 Å². The monoisotopic (exact) mass is 270 g/mol. The molecule has 3 N–H and O–H groups in total. The van der Waals surface area contributed by atoms with E-state index < -0.39 is 24.0 Å². The Morgan fingerprint density at radius 3 is 2.26 bits per heavy atom. The molecule has 6 heteroatoms. The highest BCUT2D eigenvalue weighted by Gasteiger charge is 2.27. The molecule has 0 spiro atoms. The maximum atomic E-state index is 11.8. The van der Waals surface area contributed by atoms with E-state index >= 15 is 0 Å². The van der Waals surface area contributed by atoms with Gasteiger partial charge in [0.25, 0.3) is 0 Å². The second-order valence-corrected chi connectivity index (χ2v) is 5.02. The fourth-order valence-corrected chi connectivity index (χ4v) is 2.22. The minimum absolute atomic E-state index is 0.00306. The normalized spacial score (nSPS) is 18.6. The summed E-state index contributed by atoms with van der Waals surface area (Å²) in [6.45, 7) is 3.25. The number of rotatable bonds is 6. The van der Waals surface area contributed by atoms with Gasteiger partial charge in [-0.2, -0.15) is 0 Å². The lowest BCUT2D eigenvalue weighted by Crippen LogP contribution is -2.51. The molecule has 2 unspecified atom stereocenters. The first-order chi connectivity index (χ1) is 8.95. The Balaban J connectivity index is 2.43. The predicted molar refractivity (Wildman–Crippen MR) is 69.4 cm³/mol. The summed E-state index contributed by atoms with van der Waals surface area (Å²) in [6, 6.07) is -1.61. The molecule has 0 radical (unpaired) electrons. The average molecular weight is 270 g/mol. The van der Waals surface area contributed by atoms with Crippen LogP contribution in [0.5, 0.6) is 0 Å². The van der Waals surface area contributed by atoms with Crippen molar-refractivity contribution in [2.45, 2.75) is 58.0 Å². The lowest BCUT2D eigenvalue weighted by Gasteiger charge is -2.19. The van der Waals surface area contributed by atoms with E-state index in [1.165, 1.54) is 0 Å². The van der Waals surface area contributed by atoms with E-state index in [2.05, 4.69) is 10.6 Å². The second kappa shape index (κ2) is 7.11. The molecule has 0 aromatic carbocycles. The van der Waals surface area contributed by atoms with Gasteiger partial charge in [0.15, 0.2) is 0 Å². The lowest BCUT2D eigenvalue weighted by atomic mass is 10.1. The van der Waals surface area contributed by atoms with Crippen LogP contribution in [0.15, 0.2) is 0 Å². The van der Waals surface area contributed by atoms with Crippen LogP contribution >= 0.6 is 0 Å². The number of carbonyl (C=O) groups is 3. The second-order valence-electron chi connectivity index (χ2n) is 5.02. The molecule has 0 aliphatic heterocycles.